The van der Waals surface area contributed by atoms with Crippen LogP contribution >= 0.6 is 0 Å². The maximum absolute atomic E-state index is 12.3. The number of esters is 2. The molecule has 0 aromatic heterocycles. The van der Waals surface area contributed by atoms with Crippen molar-refractivity contribution in [2.24, 2.45) is 0 Å². The van der Waals surface area contributed by atoms with E-state index in [1.807, 2.05) is 6.07 Å². The van der Waals surface area contributed by atoms with Gasteiger partial charge in [-0.05, 0) is 32.4 Å². The van der Waals surface area contributed by atoms with E-state index in [4.69, 9.17) is 9.47 Å². The molecular formula is C20H26N4O6. The molecule has 4 N–H and O–H groups in total. The first-order valence-electron chi connectivity index (χ1n) is 9.62. The van der Waals surface area contributed by atoms with Crippen LogP contribution in [0.3, 0.4) is 0 Å². The predicted octanol–water partition coefficient (Wildman–Crippen LogP) is 1.65. The van der Waals surface area contributed by atoms with Crippen LogP contribution in [-0.2, 0) is 19.1 Å². The largest absolute Gasteiger partial charge is 0.463 e. The number of benzene rings is 1. The molecule has 0 fully saturated rings. The molecule has 162 valence electrons. The molecule has 1 aromatic rings. The monoisotopic (exact) mass is 418 g/mol. The molecule has 1 heterocycles. The van der Waals surface area contributed by atoms with Gasteiger partial charge in [0.05, 0.1) is 23.9 Å². The summed E-state index contributed by atoms with van der Waals surface area (Å²) in [6, 6.07) is 6.15. The van der Waals surface area contributed by atoms with Gasteiger partial charge in [-0.1, -0.05) is 25.1 Å². The van der Waals surface area contributed by atoms with E-state index in [0.29, 0.717) is 12.1 Å². The van der Waals surface area contributed by atoms with Gasteiger partial charge < -0.3 is 30.7 Å². The van der Waals surface area contributed by atoms with Crippen LogP contribution in [0.1, 0.15) is 27.2 Å². The fourth-order valence-corrected chi connectivity index (χ4v) is 2.79. The molecule has 0 spiro atoms. The zero-order valence-electron chi connectivity index (χ0n) is 17.1. The van der Waals surface area contributed by atoms with Gasteiger partial charge in [-0.2, -0.15) is 0 Å². The average molecular weight is 418 g/mol. The van der Waals surface area contributed by atoms with E-state index in [1.54, 1.807) is 38.1 Å². The second kappa shape index (κ2) is 10.8. The lowest BCUT2D eigenvalue weighted by atomic mass is 10.0. The van der Waals surface area contributed by atoms with Crippen LogP contribution in [0.2, 0.25) is 0 Å². The molecule has 4 amide bonds. The molecule has 1 aliphatic heterocycles. The van der Waals surface area contributed by atoms with Crippen molar-refractivity contribution >= 4 is 29.7 Å². The van der Waals surface area contributed by atoms with Crippen molar-refractivity contribution < 1.29 is 28.7 Å². The standard InChI is InChI=1S/C20H26N4O6/c1-4-14-16(18(26)29-5-2)15(24-20(28)23-14)11-30-17(25)12(3)21-19(27)22-13-9-7-6-8-10-13/h6-10,12,14H,4-5,11H2,1-3H3,(H2,21,22,27)(H2,23,24,28)/t12-,14+/m0/s1. The quantitative estimate of drug-likeness (QED) is 0.474. The van der Waals surface area contributed by atoms with Gasteiger partial charge in [-0.15, -0.1) is 0 Å². The third kappa shape index (κ3) is 6.23. The summed E-state index contributed by atoms with van der Waals surface area (Å²) in [6.45, 7) is 4.75. The number of para-hydroxylation sites is 1. The number of anilines is 1. The highest BCUT2D eigenvalue weighted by Gasteiger charge is 2.32. The summed E-state index contributed by atoms with van der Waals surface area (Å²) in [5.74, 6) is -1.33. The van der Waals surface area contributed by atoms with Crippen LogP contribution in [0.15, 0.2) is 41.6 Å². The van der Waals surface area contributed by atoms with Crippen molar-refractivity contribution in [3.63, 3.8) is 0 Å². The lowest BCUT2D eigenvalue weighted by molar-refractivity contribution is -0.145. The van der Waals surface area contributed by atoms with Crippen molar-refractivity contribution in [3.8, 4) is 0 Å². The summed E-state index contributed by atoms with van der Waals surface area (Å²) in [4.78, 5) is 48.4. The molecule has 10 nitrogen and oxygen atoms in total. The molecular weight excluding hydrogens is 392 g/mol. The summed E-state index contributed by atoms with van der Waals surface area (Å²) in [5, 5.41) is 10.2. The SMILES string of the molecule is CCOC(=O)C1=C(COC(=O)[C@H](C)NC(=O)Nc2ccccc2)NC(=O)N[C@@H]1CC. The average Bonchev–Trinajstić information content (AvgIpc) is 2.72. The Morgan fingerprint density at radius 1 is 1.13 bits per heavy atom. The molecule has 1 aromatic carbocycles. The molecule has 30 heavy (non-hydrogen) atoms. The number of amides is 4. The van der Waals surface area contributed by atoms with Crippen molar-refractivity contribution in [2.75, 3.05) is 18.5 Å². The Morgan fingerprint density at radius 2 is 1.83 bits per heavy atom. The Labute approximate surface area is 174 Å². The van der Waals surface area contributed by atoms with E-state index in [2.05, 4.69) is 21.3 Å². The fourth-order valence-electron chi connectivity index (χ4n) is 2.79. The van der Waals surface area contributed by atoms with E-state index < -0.39 is 36.1 Å². The normalized spacial score (nSPS) is 16.6. The van der Waals surface area contributed by atoms with Crippen molar-refractivity contribution in [3.05, 3.63) is 41.6 Å². The van der Waals surface area contributed by atoms with Crippen LogP contribution in [0.4, 0.5) is 15.3 Å². The van der Waals surface area contributed by atoms with Crippen molar-refractivity contribution in [1.82, 2.24) is 16.0 Å². The number of carbonyl (C=O) groups excluding carboxylic acids is 4. The molecule has 10 heteroatoms. The van der Waals surface area contributed by atoms with Gasteiger partial charge in [-0.3, -0.25) is 0 Å². The van der Waals surface area contributed by atoms with Gasteiger partial charge in [0.1, 0.15) is 12.6 Å². The minimum Gasteiger partial charge on any atom is -0.463 e. The van der Waals surface area contributed by atoms with E-state index in [-0.39, 0.29) is 24.5 Å². The number of nitrogens with one attached hydrogen (secondary N) is 4. The number of hydrogen-bond acceptors (Lipinski definition) is 6. The molecule has 2 rings (SSSR count). The van der Waals surface area contributed by atoms with Gasteiger partial charge in [0.25, 0.3) is 0 Å². The van der Waals surface area contributed by atoms with Crippen LogP contribution in [0, 0.1) is 0 Å². The Kier molecular flexibility index (Phi) is 8.21. The highest BCUT2D eigenvalue weighted by molar-refractivity contribution is 5.95. The van der Waals surface area contributed by atoms with E-state index >= 15 is 0 Å². The van der Waals surface area contributed by atoms with Crippen LogP contribution in [0.5, 0.6) is 0 Å². The van der Waals surface area contributed by atoms with Crippen LogP contribution in [0.25, 0.3) is 0 Å². The molecule has 0 aliphatic carbocycles. The van der Waals surface area contributed by atoms with E-state index in [9.17, 15) is 19.2 Å². The number of ether oxygens (including phenoxy) is 2. The van der Waals surface area contributed by atoms with E-state index in [0.717, 1.165) is 0 Å². The van der Waals surface area contributed by atoms with Crippen LogP contribution < -0.4 is 21.3 Å². The molecule has 1 aliphatic rings. The predicted molar refractivity (Wildman–Crippen MR) is 108 cm³/mol. The number of urea groups is 2. The Hall–Kier alpha value is -3.56. The molecule has 0 saturated carbocycles. The lowest BCUT2D eigenvalue weighted by Gasteiger charge is -2.28. The molecule has 0 saturated heterocycles. The minimum absolute atomic E-state index is 0.151. The molecule has 2 atom stereocenters. The highest BCUT2D eigenvalue weighted by atomic mass is 16.5. The Balaban J connectivity index is 1.99. The van der Waals surface area contributed by atoms with Crippen molar-refractivity contribution in [2.45, 2.75) is 39.3 Å². The van der Waals surface area contributed by atoms with Crippen molar-refractivity contribution in [1.29, 1.82) is 0 Å². The fraction of sp³-hybridized carbons (Fsp3) is 0.400. The molecule has 0 radical (unpaired) electrons. The number of hydrogen-bond donors (Lipinski definition) is 4. The van der Waals surface area contributed by atoms with Gasteiger partial charge >= 0.3 is 24.0 Å². The summed E-state index contributed by atoms with van der Waals surface area (Å²) in [7, 11) is 0. The minimum atomic E-state index is -0.959. The Bertz CT molecular complexity index is 824. The molecule has 0 unspecified atom stereocenters. The third-order valence-electron chi connectivity index (χ3n) is 4.24. The number of carbonyl (C=O) groups is 4. The van der Waals surface area contributed by atoms with E-state index in [1.165, 1.54) is 6.92 Å². The lowest BCUT2D eigenvalue weighted by Crippen LogP contribution is -2.51. The number of rotatable bonds is 8. The summed E-state index contributed by atoms with van der Waals surface area (Å²) >= 11 is 0. The summed E-state index contributed by atoms with van der Waals surface area (Å²) in [6.07, 6.45) is 0.455. The summed E-state index contributed by atoms with van der Waals surface area (Å²) in [5.41, 5.74) is 0.926. The highest BCUT2D eigenvalue weighted by Crippen LogP contribution is 2.17. The first-order chi connectivity index (χ1) is 14.3. The second-order valence-electron chi connectivity index (χ2n) is 6.47. The maximum Gasteiger partial charge on any atom is 0.338 e. The summed E-state index contributed by atoms with van der Waals surface area (Å²) < 4.78 is 10.3. The maximum atomic E-state index is 12.3. The zero-order valence-corrected chi connectivity index (χ0v) is 17.1. The zero-order chi connectivity index (χ0) is 22.1. The topological polar surface area (TPSA) is 135 Å². The van der Waals surface area contributed by atoms with Crippen LogP contribution in [-0.4, -0.2) is 49.3 Å². The second-order valence-corrected chi connectivity index (χ2v) is 6.47. The van der Waals surface area contributed by atoms with Gasteiger partial charge in [0.2, 0.25) is 0 Å². The third-order valence-corrected chi connectivity index (χ3v) is 4.24. The Morgan fingerprint density at radius 3 is 2.47 bits per heavy atom. The molecule has 0 bridgehead atoms. The first kappa shape index (κ1) is 22.7. The first-order valence-corrected chi connectivity index (χ1v) is 9.62. The van der Waals surface area contributed by atoms with Gasteiger partial charge in [0.15, 0.2) is 0 Å². The van der Waals surface area contributed by atoms with Gasteiger partial charge in [-0.25, -0.2) is 19.2 Å². The smallest absolute Gasteiger partial charge is 0.338 e. The van der Waals surface area contributed by atoms with Gasteiger partial charge in [0, 0.05) is 5.69 Å².